The minimum absolute atomic E-state index is 0.195. The first-order valence-corrected chi connectivity index (χ1v) is 23.1. The molecule has 0 bridgehead atoms. The van der Waals surface area contributed by atoms with E-state index in [1.807, 2.05) is 0 Å². The SMILES string of the molecule is CC/C=C\C/C=C\C/C=C\C/C=C\C/C=C\CCCCCC(=O)OC(COC(=O)CCCCCCCC/C=C\C/C=C\C/C=C\C/C=C\CC)COP(=O)(O)OC. The summed E-state index contributed by atoms with van der Waals surface area (Å²) < 4.78 is 32.0. The van der Waals surface area contributed by atoms with E-state index in [-0.39, 0.29) is 19.4 Å². The predicted molar refractivity (Wildman–Crippen MR) is 239 cm³/mol. The van der Waals surface area contributed by atoms with Crippen LogP contribution in [-0.2, 0) is 32.7 Å². The lowest BCUT2D eigenvalue weighted by Crippen LogP contribution is -2.29. The van der Waals surface area contributed by atoms with Crippen LogP contribution in [0.25, 0.3) is 0 Å². The molecule has 8 nitrogen and oxygen atoms in total. The molecule has 57 heavy (non-hydrogen) atoms. The summed E-state index contributed by atoms with van der Waals surface area (Å²) in [4.78, 5) is 34.5. The Morgan fingerprint density at radius 3 is 1.26 bits per heavy atom. The van der Waals surface area contributed by atoms with Crippen molar-refractivity contribution in [3.8, 4) is 0 Å². The number of carbonyl (C=O) groups is 2. The van der Waals surface area contributed by atoms with Crippen LogP contribution in [0.15, 0.2) is 109 Å². The molecule has 0 spiro atoms. The van der Waals surface area contributed by atoms with Crippen molar-refractivity contribution >= 4 is 19.8 Å². The van der Waals surface area contributed by atoms with Gasteiger partial charge in [0.2, 0.25) is 0 Å². The van der Waals surface area contributed by atoms with Crippen molar-refractivity contribution in [2.45, 2.75) is 161 Å². The third-order valence-electron chi connectivity index (χ3n) is 8.51. The minimum Gasteiger partial charge on any atom is -0.462 e. The summed E-state index contributed by atoms with van der Waals surface area (Å²) in [6, 6.07) is 0. The Balaban J connectivity index is 4.12. The Morgan fingerprint density at radius 1 is 0.491 bits per heavy atom. The number of hydrogen-bond donors (Lipinski definition) is 1. The van der Waals surface area contributed by atoms with Gasteiger partial charge in [0, 0.05) is 20.0 Å². The average Bonchev–Trinajstić information content (AvgIpc) is 3.20. The number of unbranched alkanes of at least 4 members (excludes halogenated alkanes) is 9. The van der Waals surface area contributed by atoms with E-state index in [9.17, 15) is 19.0 Å². The standard InChI is InChI=1S/C48H77O8P/c1-4-6-8-10-12-14-16-18-20-22-24-26-28-30-32-34-36-38-40-42-47(49)54-44-46(45-55-57(51,52)53-3)56-48(50)43-41-39-37-35-33-31-29-27-25-23-21-19-17-15-13-11-9-7-5-2/h6-9,12-15,18-21,24-27,31,33,46H,4-5,10-11,16-17,22-23,28-30,32,34-45H2,1-3H3,(H,51,52)/b8-6-,9-7-,14-12-,15-13-,20-18-,21-19-,26-24-,27-25-,33-31-. The summed E-state index contributed by atoms with van der Waals surface area (Å²) in [6.07, 6.45) is 58.5. The quantitative estimate of drug-likeness (QED) is 0.0284. The highest BCUT2D eigenvalue weighted by Crippen LogP contribution is 2.42. The van der Waals surface area contributed by atoms with Gasteiger partial charge in [-0.25, -0.2) is 4.57 Å². The van der Waals surface area contributed by atoms with Crippen LogP contribution in [0.2, 0.25) is 0 Å². The van der Waals surface area contributed by atoms with Gasteiger partial charge >= 0.3 is 19.8 Å². The summed E-state index contributed by atoms with van der Waals surface area (Å²) in [5.41, 5.74) is 0. The molecule has 0 saturated heterocycles. The van der Waals surface area contributed by atoms with Crippen molar-refractivity contribution < 1.29 is 37.6 Å². The molecule has 0 heterocycles. The molecule has 0 aliphatic carbocycles. The van der Waals surface area contributed by atoms with Crippen molar-refractivity contribution in [2.24, 2.45) is 0 Å². The molecule has 0 radical (unpaired) electrons. The lowest BCUT2D eigenvalue weighted by molar-refractivity contribution is -0.161. The zero-order valence-corrected chi connectivity index (χ0v) is 36.6. The van der Waals surface area contributed by atoms with E-state index in [1.165, 1.54) is 0 Å². The van der Waals surface area contributed by atoms with Crippen LogP contribution in [0.3, 0.4) is 0 Å². The number of hydrogen-bond acceptors (Lipinski definition) is 7. The third kappa shape index (κ3) is 42.1. The second kappa shape index (κ2) is 42.3. The average molecular weight is 813 g/mol. The summed E-state index contributed by atoms with van der Waals surface area (Å²) in [5.74, 6) is -0.869. The van der Waals surface area contributed by atoms with Gasteiger partial charge in [-0.2, -0.15) is 0 Å². The Morgan fingerprint density at radius 2 is 0.842 bits per heavy atom. The van der Waals surface area contributed by atoms with Crippen LogP contribution in [0.4, 0.5) is 0 Å². The first kappa shape index (κ1) is 53.7. The Kier molecular flexibility index (Phi) is 39.9. The fourth-order valence-corrected chi connectivity index (χ4v) is 5.72. The van der Waals surface area contributed by atoms with Crippen LogP contribution >= 0.6 is 7.82 Å². The second-order valence-electron chi connectivity index (χ2n) is 13.7. The number of phosphoric acid groups is 1. The second-order valence-corrected chi connectivity index (χ2v) is 15.3. The lowest BCUT2D eigenvalue weighted by Gasteiger charge is -2.19. The van der Waals surface area contributed by atoms with E-state index in [1.54, 1.807) is 0 Å². The van der Waals surface area contributed by atoms with E-state index in [2.05, 4.69) is 128 Å². The number of carbonyl (C=O) groups excluding carboxylic acids is 2. The smallest absolute Gasteiger partial charge is 0.462 e. The summed E-state index contributed by atoms with van der Waals surface area (Å²) in [6.45, 7) is 3.61. The fraction of sp³-hybridized carbons (Fsp3) is 0.583. The van der Waals surface area contributed by atoms with Crippen LogP contribution in [-0.4, -0.2) is 43.3 Å². The normalized spacial score (nSPS) is 14.4. The molecule has 0 rings (SSSR count). The highest BCUT2D eigenvalue weighted by atomic mass is 31.2. The first-order valence-electron chi connectivity index (χ1n) is 21.6. The maximum absolute atomic E-state index is 12.5. The van der Waals surface area contributed by atoms with Crippen molar-refractivity contribution in [1.29, 1.82) is 0 Å². The van der Waals surface area contributed by atoms with Crippen LogP contribution < -0.4 is 0 Å². The summed E-state index contributed by atoms with van der Waals surface area (Å²) >= 11 is 0. The maximum atomic E-state index is 12.5. The van der Waals surface area contributed by atoms with Crippen molar-refractivity contribution in [1.82, 2.24) is 0 Å². The Hall–Kier alpha value is -3.29. The molecule has 1 N–H and O–H groups in total. The molecular formula is C48H77O8P. The predicted octanol–water partition coefficient (Wildman–Crippen LogP) is 13.8. The van der Waals surface area contributed by atoms with Gasteiger partial charge in [0.25, 0.3) is 0 Å². The molecule has 0 aromatic rings. The van der Waals surface area contributed by atoms with E-state index in [4.69, 9.17) is 14.0 Å². The van der Waals surface area contributed by atoms with Gasteiger partial charge in [-0.15, -0.1) is 0 Å². The number of esters is 2. The maximum Gasteiger partial charge on any atom is 0.472 e. The number of ether oxygens (including phenoxy) is 2. The Bertz CT molecular complexity index is 1290. The van der Waals surface area contributed by atoms with E-state index in [0.717, 1.165) is 123 Å². The molecule has 0 aliphatic rings. The van der Waals surface area contributed by atoms with Crippen molar-refractivity contribution in [3.63, 3.8) is 0 Å². The molecular weight excluding hydrogens is 735 g/mol. The van der Waals surface area contributed by atoms with Crippen LogP contribution in [0.1, 0.15) is 155 Å². The van der Waals surface area contributed by atoms with Gasteiger partial charge in [0.05, 0.1) is 6.61 Å². The molecule has 0 fully saturated rings. The van der Waals surface area contributed by atoms with E-state index in [0.29, 0.717) is 12.8 Å². The third-order valence-corrected chi connectivity index (χ3v) is 9.45. The molecule has 0 aromatic carbocycles. The van der Waals surface area contributed by atoms with Gasteiger partial charge in [0.1, 0.15) is 6.61 Å². The number of phosphoric ester groups is 1. The molecule has 0 aliphatic heterocycles. The molecule has 0 amide bonds. The number of allylic oxidation sites excluding steroid dienone is 18. The summed E-state index contributed by atoms with van der Waals surface area (Å²) in [7, 11) is -3.24. The van der Waals surface area contributed by atoms with E-state index >= 15 is 0 Å². The van der Waals surface area contributed by atoms with Gasteiger partial charge < -0.3 is 14.4 Å². The van der Waals surface area contributed by atoms with Gasteiger partial charge in [-0.1, -0.05) is 155 Å². The molecule has 2 atom stereocenters. The largest absolute Gasteiger partial charge is 0.472 e. The van der Waals surface area contributed by atoms with E-state index < -0.39 is 32.5 Å². The van der Waals surface area contributed by atoms with Crippen LogP contribution in [0, 0.1) is 0 Å². The zero-order valence-electron chi connectivity index (χ0n) is 35.7. The molecule has 9 heteroatoms. The molecule has 322 valence electrons. The highest BCUT2D eigenvalue weighted by molar-refractivity contribution is 7.47. The zero-order chi connectivity index (χ0) is 41.8. The fourth-order valence-electron chi connectivity index (χ4n) is 5.26. The van der Waals surface area contributed by atoms with Crippen molar-refractivity contribution in [2.75, 3.05) is 20.3 Å². The highest BCUT2D eigenvalue weighted by Gasteiger charge is 2.24. The minimum atomic E-state index is -4.28. The monoisotopic (exact) mass is 813 g/mol. The summed E-state index contributed by atoms with van der Waals surface area (Å²) in [5, 5.41) is 0. The van der Waals surface area contributed by atoms with Crippen molar-refractivity contribution in [3.05, 3.63) is 109 Å². The molecule has 0 aromatic heterocycles. The topological polar surface area (TPSA) is 108 Å². The van der Waals surface area contributed by atoms with Crippen LogP contribution in [0.5, 0.6) is 0 Å². The number of rotatable bonds is 38. The molecule has 0 saturated carbocycles. The van der Waals surface area contributed by atoms with Gasteiger partial charge in [-0.05, 0) is 96.3 Å². The van der Waals surface area contributed by atoms with Gasteiger partial charge in [-0.3, -0.25) is 18.6 Å². The first-order chi connectivity index (χ1) is 27.8. The van der Waals surface area contributed by atoms with Gasteiger partial charge in [0.15, 0.2) is 6.10 Å². The molecule has 2 unspecified atom stereocenters. The Labute approximate surface area is 347 Å². The lowest BCUT2D eigenvalue weighted by atomic mass is 10.1.